The Morgan fingerprint density at radius 3 is 2.70 bits per heavy atom. The summed E-state index contributed by atoms with van der Waals surface area (Å²) in [7, 11) is 1.76. The van der Waals surface area contributed by atoms with Gasteiger partial charge in [-0.15, -0.1) is 0 Å². The zero-order valence-corrected chi connectivity index (χ0v) is 14.9. The van der Waals surface area contributed by atoms with Crippen LogP contribution in [0.25, 0.3) is 0 Å². The third-order valence-corrected chi connectivity index (χ3v) is 7.52. The van der Waals surface area contributed by atoms with Crippen LogP contribution in [-0.4, -0.2) is 18.3 Å². The molecule has 2 saturated carbocycles. The maximum atomic E-state index is 10.6. The molecule has 126 valence electrons. The summed E-state index contributed by atoms with van der Waals surface area (Å²) in [5.41, 5.74) is 3.19. The van der Waals surface area contributed by atoms with Crippen LogP contribution >= 0.6 is 0 Å². The Labute approximate surface area is 140 Å². The van der Waals surface area contributed by atoms with Gasteiger partial charge in [-0.2, -0.15) is 0 Å². The first kappa shape index (κ1) is 15.5. The minimum absolute atomic E-state index is 0.0969. The lowest BCUT2D eigenvalue weighted by Crippen LogP contribution is -2.49. The average molecular weight is 314 g/mol. The molecule has 3 aliphatic carbocycles. The number of aliphatic hydroxyl groups excluding tert-OH is 1. The smallest absolute Gasteiger partial charge is 0.119 e. The van der Waals surface area contributed by atoms with Crippen LogP contribution in [-0.2, 0) is 6.42 Å². The van der Waals surface area contributed by atoms with Gasteiger partial charge < -0.3 is 9.84 Å². The van der Waals surface area contributed by atoms with Gasteiger partial charge in [0.05, 0.1) is 13.2 Å². The van der Waals surface area contributed by atoms with E-state index in [0.717, 1.165) is 30.9 Å². The highest BCUT2D eigenvalue weighted by Crippen LogP contribution is 2.63. The minimum Gasteiger partial charge on any atom is -0.497 e. The van der Waals surface area contributed by atoms with Gasteiger partial charge in [-0.1, -0.05) is 26.8 Å². The van der Waals surface area contributed by atoms with Gasteiger partial charge in [-0.05, 0) is 83.9 Å². The first-order valence-corrected chi connectivity index (χ1v) is 9.30. The van der Waals surface area contributed by atoms with E-state index >= 15 is 0 Å². The van der Waals surface area contributed by atoms with E-state index in [0.29, 0.717) is 23.7 Å². The van der Waals surface area contributed by atoms with Crippen LogP contribution in [0.2, 0.25) is 0 Å². The monoisotopic (exact) mass is 314 g/mol. The zero-order chi connectivity index (χ0) is 16.4. The molecule has 1 aromatic rings. The second kappa shape index (κ2) is 5.24. The molecule has 0 bridgehead atoms. The largest absolute Gasteiger partial charge is 0.497 e. The van der Waals surface area contributed by atoms with Crippen molar-refractivity contribution in [2.45, 2.75) is 58.5 Å². The number of aliphatic hydroxyl groups is 1. The first-order chi connectivity index (χ1) is 11.0. The van der Waals surface area contributed by atoms with Crippen molar-refractivity contribution in [2.75, 3.05) is 7.11 Å². The van der Waals surface area contributed by atoms with Crippen LogP contribution in [0.15, 0.2) is 18.2 Å². The summed E-state index contributed by atoms with van der Waals surface area (Å²) in [4.78, 5) is 0. The average Bonchev–Trinajstić information content (AvgIpc) is 2.81. The molecule has 2 heteroatoms. The second-order valence-electron chi connectivity index (χ2n) is 8.74. The lowest BCUT2D eigenvalue weighted by Gasteiger charge is -2.55. The molecule has 3 unspecified atom stereocenters. The Morgan fingerprint density at radius 2 is 1.96 bits per heavy atom. The predicted octanol–water partition coefficient (Wildman–Crippen LogP) is 4.40. The van der Waals surface area contributed by atoms with Gasteiger partial charge in [0.2, 0.25) is 0 Å². The molecule has 0 spiro atoms. The van der Waals surface area contributed by atoms with Crippen LogP contribution in [0.5, 0.6) is 5.75 Å². The SMILES string of the molecule is COc1ccc2c(c1)C[C@@H](C)[C@@H]1C2[C@@H](C)C[C@]2(C)C(O)CCC12. The van der Waals surface area contributed by atoms with Gasteiger partial charge in [0.25, 0.3) is 0 Å². The number of methoxy groups -OCH3 is 1. The molecular formula is C21H30O2. The fourth-order valence-electron chi connectivity index (χ4n) is 6.57. The quantitative estimate of drug-likeness (QED) is 0.832. The summed E-state index contributed by atoms with van der Waals surface area (Å²) in [6.45, 7) is 7.21. The van der Waals surface area contributed by atoms with Crippen molar-refractivity contribution in [3.05, 3.63) is 29.3 Å². The van der Waals surface area contributed by atoms with Crippen LogP contribution in [0.1, 0.15) is 57.1 Å². The number of hydrogen-bond donors (Lipinski definition) is 1. The molecule has 3 aliphatic rings. The first-order valence-electron chi connectivity index (χ1n) is 9.30. The predicted molar refractivity (Wildman–Crippen MR) is 92.7 cm³/mol. The van der Waals surface area contributed by atoms with Gasteiger partial charge in [0.15, 0.2) is 0 Å². The van der Waals surface area contributed by atoms with E-state index in [-0.39, 0.29) is 11.5 Å². The topological polar surface area (TPSA) is 29.5 Å². The van der Waals surface area contributed by atoms with Crippen molar-refractivity contribution in [3.8, 4) is 5.75 Å². The van der Waals surface area contributed by atoms with Crippen LogP contribution in [0, 0.1) is 29.1 Å². The van der Waals surface area contributed by atoms with Crippen LogP contribution < -0.4 is 4.74 Å². The molecule has 2 nitrogen and oxygen atoms in total. The van der Waals surface area contributed by atoms with Crippen molar-refractivity contribution >= 4 is 0 Å². The van der Waals surface area contributed by atoms with E-state index in [9.17, 15) is 5.11 Å². The standard InChI is InChI=1S/C21H30O2/c1-12-9-14-10-15(23-4)5-6-16(14)19-13(2)11-21(3)17(20(12)19)7-8-18(21)22/h5-6,10,12-13,17-20,22H,7-9,11H2,1-4H3/t12-,13+,17?,18?,19?,20+,21+/m1/s1. The maximum absolute atomic E-state index is 10.6. The number of benzene rings is 1. The molecule has 0 saturated heterocycles. The molecule has 4 rings (SSSR count). The lowest BCUT2D eigenvalue weighted by molar-refractivity contribution is -0.0574. The molecule has 1 N–H and O–H groups in total. The van der Waals surface area contributed by atoms with Crippen molar-refractivity contribution < 1.29 is 9.84 Å². The Morgan fingerprint density at radius 1 is 1.17 bits per heavy atom. The Kier molecular flexibility index (Phi) is 3.53. The molecule has 0 amide bonds. The van der Waals surface area contributed by atoms with E-state index in [1.807, 2.05) is 0 Å². The Hall–Kier alpha value is -1.02. The van der Waals surface area contributed by atoms with Crippen molar-refractivity contribution in [2.24, 2.45) is 29.1 Å². The number of ether oxygens (including phenoxy) is 1. The summed E-state index contributed by atoms with van der Waals surface area (Å²) >= 11 is 0. The third kappa shape index (κ3) is 2.10. The lowest BCUT2D eigenvalue weighted by atomic mass is 9.50. The van der Waals surface area contributed by atoms with Crippen molar-refractivity contribution in [1.29, 1.82) is 0 Å². The molecule has 1 aromatic carbocycles. The fraction of sp³-hybridized carbons (Fsp3) is 0.714. The minimum atomic E-state index is -0.0969. The van der Waals surface area contributed by atoms with Gasteiger partial charge in [-0.25, -0.2) is 0 Å². The number of hydrogen-bond acceptors (Lipinski definition) is 2. The summed E-state index contributed by atoms with van der Waals surface area (Å²) in [5, 5.41) is 10.6. The summed E-state index contributed by atoms with van der Waals surface area (Å²) in [5.74, 6) is 4.38. The summed E-state index contributed by atoms with van der Waals surface area (Å²) in [6, 6.07) is 6.71. The molecule has 23 heavy (non-hydrogen) atoms. The van der Waals surface area contributed by atoms with Gasteiger partial charge in [0.1, 0.15) is 5.75 Å². The Balaban J connectivity index is 1.78. The van der Waals surface area contributed by atoms with Crippen LogP contribution in [0.3, 0.4) is 0 Å². The van der Waals surface area contributed by atoms with E-state index in [1.165, 1.54) is 12.0 Å². The molecule has 2 fully saturated rings. The molecular weight excluding hydrogens is 284 g/mol. The Bertz CT molecular complexity index is 610. The number of rotatable bonds is 1. The molecule has 0 radical (unpaired) electrons. The van der Waals surface area contributed by atoms with Gasteiger partial charge >= 0.3 is 0 Å². The maximum Gasteiger partial charge on any atom is 0.119 e. The molecule has 0 aromatic heterocycles. The van der Waals surface area contributed by atoms with Crippen LogP contribution in [0.4, 0.5) is 0 Å². The highest BCUT2D eigenvalue weighted by Gasteiger charge is 2.58. The normalized spacial score (nSPS) is 45.1. The van der Waals surface area contributed by atoms with Crippen molar-refractivity contribution in [3.63, 3.8) is 0 Å². The van der Waals surface area contributed by atoms with Crippen molar-refractivity contribution in [1.82, 2.24) is 0 Å². The highest BCUT2D eigenvalue weighted by atomic mass is 16.5. The van der Waals surface area contributed by atoms with E-state index in [2.05, 4.69) is 39.0 Å². The molecule has 0 aliphatic heterocycles. The third-order valence-electron chi connectivity index (χ3n) is 7.52. The molecule has 0 heterocycles. The van der Waals surface area contributed by atoms with Gasteiger partial charge in [-0.3, -0.25) is 0 Å². The zero-order valence-electron chi connectivity index (χ0n) is 14.9. The summed E-state index contributed by atoms with van der Waals surface area (Å²) in [6.07, 6.45) is 4.43. The summed E-state index contributed by atoms with van der Waals surface area (Å²) < 4.78 is 5.44. The molecule has 7 atom stereocenters. The highest BCUT2D eigenvalue weighted by molar-refractivity contribution is 5.41. The number of fused-ring (bicyclic) bond motifs is 5. The van der Waals surface area contributed by atoms with E-state index in [4.69, 9.17) is 4.74 Å². The van der Waals surface area contributed by atoms with E-state index in [1.54, 1.807) is 12.7 Å². The van der Waals surface area contributed by atoms with E-state index < -0.39 is 0 Å². The van der Waals surface area contributed by atoms with Gasteiger partial charge in [0, 0.05) is 0 Å². The fourth-order valence-corrected chi connectivity index (χ4v) is 6.57. The second-order valence-corrected chi connectivity index (χ2v) is 8.74.